The first-order chi connectivity index (χ1) is 16.9. The van der Waals surface area contributed by atoms with E-state index in [4.69, 9.17) is 15.2 Å². The third kappa shape index (κ3) is 6.43. The number of nitrogens with one attached hydrogen (secondary N) is 2. The van der Waals surface area contributed by atoms with Gasteiger partial charge in [-0.15, -0.1) is 11.3 Å². The Hall–Kier alpha value is -3.76. The van der Waals surface area contributed by atoms with Crippen LogP contribution in [0.5, 0.6) is 11.5 Å². The van der Waals surface area contributed by atoms with Gasteiger partial charge < -0.3 is 35.6 Å². The van der Waals surface area contributed by atoms with Crippen molar-refractivity contribution in [2.45, 2.75) is 6.54 Å². The van der Waals surface area contributed by atoms with E-state index >= 15 is 0 Å². The highest BCUT2D eigenvalue weighted by atomic mass is 32.1. The molecule has 2 aromatic heterocycles. The Kier molecular flexibility index (Phi) is 7.74. The molecule has 2 amide bonds. The number of urea groups is 1. The lowest BCUT2D eigenvalue weighted by molar-refractivity contribution is 0.171. The number of likely N-dealkylation sites (N-methyl/N-ethyl adjacent to an activating group) is 1. The summed E-state index contributed by atoms with van der Waals surface area (Å²) in [4.78, 5) is 21.5. The van der Waals surface area contributed by atoms with Crippen molar-refractivity contribution in [3.63, 3.8) is 0 Å². The van der Waals surface area contributed by atoms with Gasteiger partial charge in [-0.1, -0.05) is 12.6 Å². The predicted molar refractivity (Wildman–Crippen MR) is 141 cm³/mol. The van der Waals surface area contributed by atoms with E-state index in [1.165, 1.54) is 11.3 Å². The number of hydrogen-bond donors (Lipinski definition) is 3. The van der Waals surface area contributed by atoms with Gasteiger partial charge in [0.15, 0.2) is 11.5 Å². The summed E-state index contributed by atoms with van der Waals surface area (Å²) in [5.74, 6) is 1.31. The summed E-state index contributed by atoms with van der Waals surface area (Å²) in [7, 11) is 3.96. The lowest BCUT2D eigenvalue weighted by atomic mass is 10.2. The number of ether oxygens (including phenoxy) is 2. The average molecular weight is 495 g/mol. The van der Waals surface area contributed by atoms with Crippen LogP contribution in [0.3, 0.4) is 0 Å². The summed E-state index contributed by atoms with van der Waals surface area (Å²) in [5.41, 5.74) is 10.4. The molecule has 3 heterocycles. The molecule has 0 bridgehead atoms. The van der Waals surface area contributed by atoms with Crippen molar-refractivity contribution in [2.24, 2.45) is 0 Å². The molecule has 9 nitrogen and oxygen atoms in total. The zero-order valence-corrected chi connectivity index (χ0v) is 20.7. The molecular formula is C25H30N6O3S. The van der Waals surface area contributed by atoms with Crippen molar-refractivity contribution in [3.8, 4) is 11.5 Å². The number of nitrogens with two attached hydrogens (primary N) is 1. The Morgan fingerprint density at radius 1 is 1.11 bits per heavy atom. The second-order valence-corrected chi connectivity index (χ2v) is 9.15. The number of nitrogen functional groups attached to an aromatic ring is 1. The van der Waals surface area contributed by atoms with Crippen molar-refractivity contribution in [2.75, 3.05) is 56.8 Å². The molecule has 1 aliphatic heterocycles. The molecule has 3 aromatic rings. The lowest BCUT2D eigenvalue weighted by Crippen LogP contribution is -2.39. The first-order valence-electron chi connectivity index (χ1n) is 11.2. The summed E-state index contributed by atoms with van der Waals surface area (Å²) in [6, 6.07) is 9.03. The largest absolute Gasteiger partial charge is 0.486 e. The van der Waals surface area contributed by atoms with Gasteiger partial charge in [0, 0.05) is 48.3 Å². The van der Waals surface area contributed by atoms with Gasteiger partial charge in [0.1, 0.15) is 13.2 Å². The van der Waals surface area contributed by atoms with Gasteiger partial charge in [-0.3, -0.25) is 4.98 Å². The van der Waals surface area contributed by atoms with Crippen molar-refractivity contribution in [1.82, 2.24) is 14.8 Å². The molecule has 184 valence electrons. The number of nitrogens with zero attached hydrogens (tertiary/aromatic N) is 3. The summed E-state index contributed by atoms with van der Waals surface area (Å²) >= 11 is 1.52. The standard InChI is InChI=1S/C25H30N6O3S/c1-17(28-22-16-35-15-20(22)26)21-6-4-18(13-27-21)14-31(9-8-30(2)3)25(32)29-19-5-7-23-24(12-19)34-11-10-33-23/h4-7,12-13,15-16,28H,1,8-11,14,26H2,2-3H3,(H,29,32). The summed E-state index contributed by atoms with van der Waals surface area (Å²) in [6.07, 6.45) is 1.76. The number of thiophene rings is 1. The average Bonchev–Trinajstić information content (AvgIpc) is 3.25. The van der Waals surface area contributed by atoms with Crippen LogP contribution in [0.1, 0.15) is 11.3 Å². The molecule has 0 atom stereocenters. The number of carbonyl (C=O) groups is 1. The number of hydrogen-bond acceptors (Lipinski definition) is 8. The minimum Gasteiger partial charge on any atom is -0.486 e. The van der Waals surface area contributed by atoms with Crippen molar-refractivity contribution in [1.29, 1.82) is 0 Å². The molecule has 0 spiro atoms. The molecule has 35 heavy (non-hydrogen) atoms. The van der Waals surface area contributed by atoms with Crippen LogP contribution in [-0.2, 0) is 6.54 Å². The van der Waals surface area contributed by atoms with Crippen molar-refractivity contribution >= 4 is 40.1 Å². The Bertz CT molecular complexity index is 1180. The highest BCUT2D eigenvalue weighted by Gasteiger charge is 2.17. The summed E-state index contributed by atoms with van der Waals surface area (Å²) in [5, 5.41) is 9.96. The van der Waals surface area contributed by atoms with E-state index in [2.05, 4.69) is 22.2 Å². The fourth-order valence-corrected chi connectivity index (χ4v) is 4.12. The van der Waals surface area contributed by atoms with E-state index in [1.54, 1.807) is 17.2 Å². The minimum absolute atomic E-state index is 0.202. The first-order valence-corrected chi connectivity index (χ1v) is 12.2. The van der Waals surface area contributed by atoms with Gasteiger partial charge in [-0.2, -0.15) is 0 Å². The maximum Gasteiger partial charge on any atom is 0.322 e. The van der Waals surface area contributed by atoms with Crippen LogP contribution in [-0.4, -0.2) is 61.2 Å². The monoisotopic (exact) mass is 494 g/mol. The topological polar surface area (TPSA) is 105 Å². The van der Waals surface area contributed by atoms with E-state index in [0.717, 1.165) is 17.8 Å². The molecule has 1 aromatic carbocycles. The highest BCUT2D eigenvalue weighted by Crippen LogP contribution is 2.32. The number of fused-ring (bicyclic) bond motifs is 1. The minimum atomic E-state index is -0.202. The molecule has 4 N–H and O–H groups in total. The van der Waals surface area contributed by atoms with Gasteiger partial charge in [-0.25, -0.2) is 4.79 Å². The highest BCUT2D eigenvalue weighted by molar-refractivity contribution is 7.08. The number of anilines is 3. The Morgan fingerprint density at radius 2 is 1.91 bits per heavy atom. The maximum absolute atomic E-state index is 13.2. The fourth-order valence-electron chi connectivity index (χ4n) is 3.45. The molecule has 0 saturated carbocycles. The Balaban J connectivity index is 1.42. The molecule has 0 fully saturated rings. The van der Waals surface area contributed by atoms with Crippen LogP contribution >= 0.6 is 11.3 Å². The van der Waals surface area contributed by atoms with Gasteiger partial charge >= 0.3 is 6.03 Å². The van der Waals surface area contributed by atoms with E-state index < -0.39 is 0 Å². The SMILES string of the molecule is C=C(Nc1cscc1N)c1ccc(CN(CCN(C)C)C(=O)Nc2ccc3c(c2)OCCO3)cn1. The second-order valence-electron chi connectivity index (χ2n) is 8.41. The molecular weight excluding hydrogens is 464 g/mol. The number of benzene rings is 1. The number of aromatic nitrogens is 1. The predicted octanol–water partition coefficient (Wildman–Crippen LogP) is 4.18. The molecule has 0 aliphatic carbocycles. The molecule has 1 aliphatic rings. The van der Waals surface area contributed by atoms with E-state index in [-0.39, 0.29) is 6.03 Å². The van der Waals surface area contributed by atoms with Crippen LogP contribution in [0, 0.1) is 0 Å². The smallest absolute Gasteiger partial charge is 0.322 e. The second kappa shape index (κ2) is 11.1. The van der Waals surface area contributed by atoms with Crippen LogP contribution in [0.15, 0.2) is 53.9 Å². The van der Waals surface area contributed by atoms with E-state index in [0.29, 0.717) is 60.6 Å². The normalized spacial score (nSPS) is 12.3. The molecule has 4 rings (SSSR count). The van der Waals surface area contributed by atoms with Crippen LogP contribution in [0.2, 0.25) is 0 Å². The Morgan fingerprint density at radius 3 is 2.60 bits per heavy atom. The number of rotatable bonds is 9. The summed E-state index contributed by atoms with van der Waals surface area (Å²) < 4.78 is 11.2. The van der Waals surface area contributed by atoms with Crippen molar-refractivity contribution < 1.29 is 14.3 Å². The maximum atomic E-state index is 13.2. The number of carbonyl (C=O) groups excluding carboxylic acids is 1. The van der Waals surface area contributed by atoms with E-state index in [9.17, 15) is 4.79 Å². The van der Waals surface area contributed by atoms with Gasteiger partial charge in [0.2, 0.25) is 0 Å². The van der Waals surface area contributed by atoms with Crippen LogP contribution in [0.4, 0.5) is 21.9 Å². The zero-order chi connectivity index (χ0) is 24.8. The summed E-state index contributed by atoms with van der Waals surface area (Å²) in [6.45, 7) is 6.77. The molecule has 10 heteroatoms. The first kappa shape index (κ1) is 24.4. The van der Waals surface area contributed by atoms with Gasteiger partial charge in [0.25, 0.3) is 0 Å². The van der Waals surface area contributed by atoms with Crippen molar-refractivity contribution in [3.05, 3.63) is 65.1 Å². The molecule has 0 radical (unpaired) electrons. The van der Waals surface area contributed by atoms with Gasteiger partial charge in [0.05, 0.1) is 22.8 Å². The van der Waals surface area contributed by atoms with Crippen LogP contribution in [0.25, 0.3) is 5.70 Å². The van der Waals surface area contributed by atoms with E-state index in [1.807, 2.05) is 54.0 Å². The third-order valence-corrected chi connectivity index (χ3v) is 6.14. The van der Waals surface area contributed by atoms with Crippen LogP contribution < -0.4 is 25.8 Å². The number of pyridine rings is 1. The molecule has 0 saturated heterocycles. The fraction of sp³-hybridized carbons (Fsp3) is 0.280. The quantitative estimate of drug-likeness (QED) is 0.410. The molecule has 0 unspecified atom stereocenters. The zero-order valence-electron chi connectivity index (χ0n) is 19.9. The Labute approximate surface area is 209 Å². The lowest BCUT2D eigenvalue weighted by Gasteiger charge is -2.25. The van der Waals surface area contributed by atoms with Gasteiger partial charge in [-0.05, 0) is 37.9 Å². The third-order valence-electron chi connectivity index (χ3n) is 5.38. The number of amides is 2.